The lowest BCUT2D eigenvalue weighted by Crippen LogP contribution is -2.49. The Morgan fingerprint density at radius 1 is 1.19 bits per heavy atom. The van der Waals surface area contributed by atoms with Gasteiger partial charge < -0.3 is 24.2 Å². The van der Waals surface area contributed by atoms with Crippen LogP contribution < -0.4 is 9.64 Å². The Morgan fingerprint density at radius 3 is 2.71 bits per heavy atom. The fourth-order valence-corrected chi connectivity index (χ4v) is 3.68. The summed E-state index contributed by atoms with van der Waals surface area (Å²) >= 11 is 0. The fourth-order valence-electron chi connectivity index (χ4n) is 3.68. The molecular formula is C22H32N4O5. The number of anilines is 1. The number of amides is 3. The van der Waals surface area contributed by atoms with Crippen LogP contribution in [0.15, 0.2) is 18.2 Å². The van der Waals surface area contributed by atoms with E-state index in [1.54, 1.807) is 16.8 Å². The van der Waals surface area contributed by atoms with Crippen LogP contribution in [0.2, 0.25) is 0 Å². The molecule has 0 spiro atoms. The standard InChI is InChI=1S/C22H32N4O5/c1-16-5-6-19-18(11-16)26(21(28)15-31-19)13-20(27)25-9-10-30-14-17(12-25)22(29)24(4)8-7-23(2)3/h5-6,11,17H,7-10,12-15H2,1-4H3. The number of likely N-dealkylation sites (N-methyl/N-ethyl adjacent to an activating group) is 2. The van der Waals surface area contributed by atoms with E-state index < -0.39 is 5.92 Å². The molecule has 0 aromatic heterocycles. The summed E-state index contributed by atoms with van der Waals surface area (Å²) in [7, 11) is 5.69. The minimum absolute atomic E-state index is 0.0371. The highest BCUT2D eigenvalue weighted by atomic mass is 16.5. The van der Waals surface area contributed by atoms with Crippen LogP contribution in [0.25, 0.3) is 0 Å². The Hall–Kier alpha value is -2.65. The summed E-state index contributed by atoms with van der Waals surface area (Å²) in [6.07, 6.45) is 0. The van der Waals surface area contributed by atoms with Crippen LogP contribution in [0.3, 0.4) is 0 Å². The van der Waals surface area contributed by atoms with Gasteiger partial charge in [-0.3, -0.25) is 19.3 Å². The fraction of sp³-hybridized carbons (Fsp3) is 0.591. The first-order chi connectivity index (χ1) is 14.8. The average Bonchev–Trinajstić information content (AvgIpc) is 3.00. The van der Waals surface area contributed by atoms with Gasteiger partial charge in [-0.05, 0) is 38.7 Å². The van der Waals surface area contributed by atoms with Crippen molar-refractivity contribution in [2.75, 3.05) is 78.6 Å². The lowest BCUT2D eigenvalue weighted by atomic mass is 10.1. The second-order valence-electron chi connectivity index (χ2n) is 8.41. The number of aryl methyl sites for hydroxylation is 1. The van der Waals surface area contributed by atoms with E-state index in [1.165, 1.54) is 4.90 Å². The normalized spacial score (nSPS) is 19.0. The molecule has 3 amide bonds. The summed E-state index contributed by atoms with van der Waals surface area (Å²) in [5, 5.41) is 0. The Morgan fingerprint density at radius 2 is 1.97 bits per heavy atom. The number of ether oxygens (including phenoxy) is 2. The van der Waals surface area contributed by atoms with Gasteiger partial charge in [-0.15, -0.1) is 0 Å². The minimum atomic E-state index is -0.423. The molecule has 0 aliphatic carbocycles. The smallest absolute Gasteiger partial charge is 0.265 e. The Kier molecular flexibility index (Phi) is 7.50. The van der Waals surface area contributed by atoms with Crippen molar-refractivity contribution in [2.24, 2.45) is 5.92 Å². The molecule has 9 heteroatoms. The number of fused-ring (bicyclic) bond motifs is 1. The number of benzene rings is 1. The summed E-state index contributed by atoms with van der Waals surface area (Å²) in [5.41, 5.74) is 1.58. The van der Waals surface area contributed by atoms with Crippen LogP contribution >= 0.6 is 0 Å². The molecule has 2 aliphatic heterocycles. The zero-order chi connectivity index (χ0) is 22.5. The number of hydrogen-bond acceptors (Lipinski definition) is 6. The van der Waals surface area contributed by atoms with Crippen molar-refractivity contribution in [1.29, 1.82) is 0 Å². The van der Waals surface area contributed by atoms with Gasteiger partial charge in [0, 0.05) is 33.2 Å². The number of rotatable bonds is 6. The Labute approximate surface area is 183 Å². The maximum atomic E-state index is 13.1. The molecule has 1 aromatic carbocycles. The van der Waals surface area contributed by atoms with Crippen molar-refractivity contribution in [3.8, 4) is 5.75 Å². The van der Waals surface area contributed by atoms with Gasteiger partial charge in [-0.2, -0.15) is 0 Å². The van der Waals surface area contributed by atoms with Gasteiger partial charge in [0.1, 0.15) is 12.3 Å². The molecule has 31 heavy (non-hydrogen) atoms. The zero-order valence-electron chi connectivity index (χ0n) is 18.8. The maximum absolute atomic E-state index is 13.1. The van der Waals surface area contributed by atoms with Crippen LogP contribution in [-0.2, 0) is 19.1 Å². The quantitative estimate of drug-likeness (QED) is 0.640. The molecule has 1 atom stereocenters. The molecule has 170 valence electrons. The van der Waals surface area contributed by atoms with Crippen molar-refractivity contribution >= 4 is 23.4 Å². The van der Waals surface area contributed by atoms with Crippen LogP contribution in [0, 0.1) is 12.8 Å². The van der Waals surface area contributed by atoms with E-state index in [4.69, 9.17) is 9.47 Å². The molecule has 0 saturated carbocycles. The van der Waals surface area contributed by atoms with Gasteiger partial charge in [-0.1, -0.05) is 6.07 Å². The third-order valence-corrected chi connectivity index (χ3v) is 5.58. The van der Waals surface area contributed by atoms with Crippen molar-refractivity contribution < 1.29 is 23.9 Å². The Balaban J connectivity index is 1.68. The molecule has 0 bridgehead atoms. The SMILES string of the molecule is Cc1ccc2c(c1)N(CC(=O)N1CCOCC(C(=O)N(C)CCN(C)C)C1)C(=O)CO2. The average molecular weight is 433 g/mol. The van der Waals surface area contributed by atoms with Crippen molar-refractivity contribution in [3.05, 3.63) is 23.8 Å². The number of hydrogen-bond donors (Lipinski definition) is 0. The van der Waals surface area contributed by atoms with Gasteiger partial charge in [0.2, 0.25) is 11.8 Å². The summed E-state index contributed by atoms with van der Waals surface area (Å²) in [5.74, 6) is -0.332. The molecule has 1 fully saturated rings. The van der Waals surface area contributed by atoms with E-state index in [-0.39, 0.29) is 44.0 Å². The highest BCUT2D eigenvalue weighted by molar-refractivity contribution is 6.02. The van der Waals surface area contributed by atoms with Crippen LogP contribution in [0.5, 0.6) is 5.75 Å². The molecule has 9 nitrogen and oxygen atoms in total. The Bertz CT molecular complexity index is 828. The molecular weight excluding hydrogens is 400 g/mol. The second-order valence-corrected chi connectivity index (χ2v) is 8.41. The van der Waals surface area contributed by atoms with E-state index >= 15 is 0 Å². The van der Waals surface area contributed by atoms with E-state index in [1.807, 2.05) is 44.1 Å². The summed E-state index contributed by atoms with van der Waals surface area (Å²) in [6, 6.07) is 5.56. The second kappa shape index (κ2) is 10.1. The predicted octanol–water partition coefficient (Wildman–Crippen LogP) is 0.215. The third-order valence-electron chi connectivity index (χ3n) is 5.58. The highest BCUT2D eigenvalue weighted by Gasteiger charge is 2.32. The molecule has 0 N–H and O–H groups in total. The minimum Gasteiger partial charge on any atom is -0.482 e. The number of carbonyl (C=O) groups is 3. The molecule has 3 rings (SSSR count). The molecule has 1 unspecified atom stereocenters. The number of nitrogens with zero attached hydrogens (tertiary/aromatic N) is 4. The van der Waals surface area contributed by atoms with E-state index in [2.05, 4.69) is 0 Å². The molecule has 2 heterocycles. The van der Waals surface area contributed by atoms with Crippen molar-refractivity contribution in [2.45, 2.75) is 6.92 Å². The van der Waals surface area contributed by atoms with Crippen molar-refractivity contribution in [3.63, 3.8) is 0 Å². The van der Waals surface area contributed by atoms with Crippen LogP contribution in [0.4, 0.5) is 5.69 Å². The molecule has 1 saturated heterocycles. The van der Waals surface area contributed by atoms with Gasteiger partial charge in [0.15, 0.2) is 6.61 Å². The lowest BCUT2D eigenvalue weighted by molar-refractivity contribution is -0.138. The van der Waals surface area contributed by atoms with Gasteiger partial charge in [-0.25, -0.2) is 0 Å². The number of carbonyl (C=O) groups excluding carboxylic acids is 3. The molecule has 2 aliphatic rings. The topological polar surface area (TPSA) is 82.6 Å². The first kappa shape index (κ1) is 23.0. The first-order valence-electron chi connectivity index (χ1n) is 10.6. The zero-order valence-corrected chi connectivity index (χ0v) is 18.8. The molecule has 1 aromatic rings. The van der Waals surface area contributed by atoms with E-state index in [0.717, 1.165) is 12.1 Å². The monoisotopic (exact) mass is 432 g/mol. The maximum Gasteiger partial charge on any atom is 0.265 e. The molecule has 0 radical (unpaired) electrons. The van der Waals surface area contributed by atoms with Gasteiger partial charge >= 0.3 is 0 Å². The predicted molar refractivity (Wildman–Crippen MR) is 116 cm³/mol. The third kappa shape index (κ3) is 5.74. The largest absolute Gasteiger partial charge is 0.482 e. The highest BCUT2D eigenvalue weighted by Crippen LogP contribution is 2.32. The summed E-state index contributed by atoms with van der Waals surface area (Å²) < 4.78 is 11.1. The first-order valence-corrected chi connectivity index (χ1v) is 10.6. The van der Waals surface area contributed by atoms with Crippen LogP contribution in [0.1, 0.15) is 5.56 Å². The van der Waals surface area contributed by atoms with Gasteiger partial charge in [0.05, 0.1) is 24.8 Å². The van der Waals surface area contributed by atoms with Crippen LogP contribution in [-0.4, -0.2) is 106 Å². The summed E-state index contributed by atoms with van der Waals surface area (Å²) in [4.78, 5) is 45.3. The lowest BCUT2D eigenvalue weighted by Gasteiger charge is -2.32. The van der Waals surface area contributed by atoms with E-state index in [9.17, 15) is 14.4 Å². The van der Waals surface area contributed by atoms with E-state index in [0.29, 0.717) is 31.1 Å². The van der Waals surface area contributed by atoms with Crippen molar-refractivity contribution in [1.82, 2.24) is 14.7 Å². The summed E-state index contributed by atoms with van der Waals surface area (Å²) in [6.45, 7) is 4.43. The van der Waals surface area contributed by atoms with Gasteiger partial charge in [0.25, 0.3) is 5.91 Å².